The van der Waals surface area contributed by atoms with E-state index >= 15 is 0 Å². The summed E-state index contributed by atoms with van der Waals surface area (Å²) in [5.74, 6) is 0. The van der Waals surface area contributed by atoms with Gasteiger partial charge < -0.3 is 5.32 Å². The monoisotopic (exact) mass is 183 g/mol. The zero-order valence-electron chi connectivity index (χ0n) is 6.20. The van der Waals surface area contributed by atoms with Crippen molar-refractivity contribution in [2.24, 2.45) is 0 Å². The summed E-state index contributed by atoms with van der Waals surface area (Å²) in [6.45, 7) is 0. The highest BCUT2D eigenvalue weighted by Gasteiger charge is 1.89. The summed E-state index contributed by atoms with van der Waals surface area (Å²) in [5.41, 5.74) is 2.55. The summed E-state index contributed by atoms with van der Waals surface area (Å²) >= 11 is 6.39. The topological polar surface area (TPSA) is 12.0 Å². The van der Waals surface area contributed by atoms with Crippen LogP contribution in [-0.4, -0.2) is 11.7 Å². The Kier molecular flexibility index (Phi) is 3.39. The molecule has 0 spiro atoms. The van der Waals surface area contributed by atoms with Crippen LogP contribution in [0.1, 0.15) is 0 Å². The summed E-state index contributed by atoms with van der Waals surface area (Å²) < 4.78 is 0. The van der Waals surface area contributed by atoms with E-state index in [2.05, 4.69) is 35.9 Å². The molecule has 0 heterocycles. The van der Waals surface area contributed by atoms with Crippen LogP contribution in [0, 0.1) is 0 Å². The molecule has 0 aliphatic rings. The zero-order valence-corrected chi connectivity index (χ0v) is 7.84. The van der Waals surface area contributed by atoms with Crippen molar-refractivity contribution in [3.63, 3.8) is 0 Å². The van der Waals surface area contributed by atoms with Crippen molar-refractivity contribution in [2.45, 2.75) is 4.90 Å². The minimum Gasteiger partial charge on any atom is -0.353 e. The van der Waals surface area contributed by atoms with Gasteiger partial charge in [-0.05, 0) is 30.5 Å². The van der Waals surface area contributed by atoms with Crippen LogP contribution in [0.2, 0.25) is 0 Å². The van der Waals surface area contributed by atoms with Crippen LogP contribution in [0.4, 0.5) is 5.69 Å². The van der Waals surface area contributed by atoms with E-state index in [1.807, 2.05) is 12.1 Å². The van der Waals surface area contributed by atoms with Gasteiger partial charge in [-0.15, -0.1) is 11.8 Å². The molecule has 0 atom stereocenters. The van der Waals surface area contributed by atoms with Gasteiger partial charge >= 0.3 is 0 Å². The number of thiocarbonyl (C=S) groups is 1. The third-order valence-corrected chi connectivity index (χ3v) is 2.18. The Balaban J connectivity index is 2.74. The lowest BCUT2D eigenvalue weighted by atomic mass is 10.3. The fourth-order valence-electron chi connectivity index (χ4n) is 0.755. The molecule has 0 aromatic heterocycles. The molecule has 0 saturated heterocycles. The molecule has 1 N–H and O–H groups in total. The fourth-order valence-corrected chi connectivity index (χ4v) is 1.30. The molecule has 0 fully saturated rings. The molecule has 0 saturated carbocycles. The maximum atomic E-state index is 4.65. The molecule has 0 unspecified atom stereocenters. The van der Waals surface area contributed by atoms with Gasteiger partial charge in [-0.2, -0.15) is 0 Å². The predicted molar refractivity (Wildman–Crippen MR) is 55.5 cm³/mol. The SMILES string of the molecule is CSc1ccc(NC=S)cc1. The van der Waals surface area contributed by atoms with Crippen molar-refractivity contribution in [1.82, 2.24) is 0 Å². The minimum atomic E-state index is 1.04. The van der Waals surface area contributed by atoms with Crippen LogP contribution in [0.3, 0.4) is 0 Å². The molecule has 1 aromatic rings. The molecule has 3 heteroatoms. The van der Waals surface area contributed by atoms with Gasteiger partial charge in [0.2, 0.25) is 0 Å². The molecule has 0 bridgehead atoms. The van der Waals surface area contributed by atoms with Crippen LogP contribution >= 0.6 is 24.0 Å². The summed E-state index contributed by atoms with van der Waals surface area (Å²) in [6.07, 6.45) is 2.06. The van der Waals surface area contributed by atoms with Crippen molar-refractivity contribution in [2.75, 3.05) is 11.6 Å². The van der Waals surface area contributed by atoms with Gasteiger partial charge in [0.05, 0.1) is 5.49 Å². The smallest absolute Gasteiger partial charge is 0.0658 e. The maximum Gasteiger partial charge on any atom is 0.0658 e. The normalized spacial score (nSPS) is 9.18. The Labute approximate surface area is 76.2 Å². The van der Waals surface area contributed by atoms with Gasteiger partial charge in [-0.1, -0.05) is 12.2 Å². The van der Waals surface area contributed by atoms with Gasteiger partial charge in [0.25, 0.3) is 0 Å². The molecule has 0 aliphatic heterocycles. The number of hydrogen-bond acceptors (Lipinski definition) is 2. The summed E-state index contributed by atoms with van der Waals surface area (Å²) in [7, 11) is 0. The first-order valence-corrected chi connectivity index (χ1v) is 4.90. The van der Waals surface area contributed by atoms with E-state index in [9.17, 15) is 0 Å². The van der Waals surface area contributed by atoms with Crippen LogP contribution in [0.5, 0.6) is 0 Å². The maximum absolute atomic E-state index is 4.65. The van der Waals surface area contributed by atoms with Crippen molar-refractivity contribution in [1.29, 1.82) is 0 Å². The summed E-state index contributed by atoms with van der Waals surface area (Å²) in [4.78, 5) is 1.26. The molecule has 0 radical (unpaired) electrons. The predicted octanol–water partition coefficient (Wildman–Crippen LogP) is 2.78. The Bertz CT molecular complexity index is 230. The quantitative estimate of drug-likeness (QED) is 0.571. The van der Waals surface area contributed by atoms with E-state index in [0.717, 1.165) is 5.69 Å². The van der Waals surface area contributed by atoms with Gasteiger partial charge in [0, 0.05) is 10.6 Å². The molecule has 11 heavy (non-hydrogen) atoms. The largest absolute Gasteiger partial charge is 0.353 e. The molecule has 0 aliphatic carbocycles. The first-order valence-electron chi connectivity index (χ1n) is 3.21. The first-order chi connectivity index (χ1) is 5.36. The van der Waals surface area contributed by atoms with Gasteiger partial charge in [0.1, 0.15) is 0 Å². The standard InChI is InChI=1S/C8H9NS2/c1-11-8-4-2-7(3-5-8)9-6-10/h2-6H,1H3,(H,9,10). The molecule has 1 nitrogen and oxygen atoms in total. The molecule has 1 rings (SSSR count). The Morgan fingerprint density at radius 3 is 2.45 bits per heavy atom. The van der Waals surface area contributed by atoms with Crippen LogP contribution in [0.15, 0.2) is 29.2 Å². The average molecular weight is 183 g/mol. The summed E-state index contributed by atoms with van der Waals surface area (Å²) in [6, 6.07) is 8.14. The number of anilines is 1. The van der Waals surface area contributed by atoms with Gasteiger partial charge in [-0.3, -0.25) is 0 Å². The molecular weight excluding hydrogens is 174 g/mol. The highest BCUT2D eigenvalue weighted by atomic mass is 32.2. The Morgan fingerprint density at radius 1 is 1.36 bits per heavy atom. The zero-order chi connectivity index (χ0) is 8.10. The second kappa shape index (κ2) is 4.36. The number of benzene rings is 1. The molecule has 1 aromatic carbocycles. The third kappa shape index (κ3) is 2.52. The molecule has 0 amide bonds. The van der Waals surface area contributed by atoms with E-state index in [0.29, 0.717) is 0 Å². The highest BCUT2D eigenvalue weighted by Crippen LogP contribution is 2.16. The second-order valence-electron chi connectivity index (χ2n) is 1.99. The lowest BCUT2D eigenvalue weighted by Gasteiger charge is -1.99. The average Bonchev–Trinajstić information content (AvgIpc) is 2.07. The molecule has 58 valence electrons. The van der Waals surface area contributed by atoms with Crippen LogP contribution < -0.4 is 5.32 Å². The number of hydrogen-bond donors (Lipinski definition) is 1. The highest BCUT2D eigenvalue weighted by molar-refractivity contribution is 7.98. The fraction of sp³-hybridized carbons (Fsp3) is 0.125. The van der Waals surface area contributed by atoms with Crippen LogP contribution in [0.25, 0.3) is 0 Å². The Hall–Kier alpha value is -0.540. The first kappa shape index (κ1) is 8.56. The van der Waals surface area contributed by atoms with Crippen molar-refractivity contribution >= 4 is 35.2 Å². The van der Waals surface area contributed by atoms with Gasteiger partial charge in [0.15, 0.2) is 0 Å². The molecular formula is C8H9NS2. The third-order valence-electron chi connectivity index (χ3n) is 1.32. The minimum absolute atomic E-state index is 1.04. The van der Waals surface area contributed by atoms with Crippen molar-refractivity contribution in [3.05, 3.63) is 24.3 Å². The Morgan fingerprint density at radius 2 is 2.00 bits per heavy atom. The van der Waals surface area contributed by atoms with Crippen LogP contribution in [-0.2, 0) is 0 Å². The van der Waals surface area contributed by atoms with E-state index in [4.69, 9.17) is 0 Å². The van der Waals surface area contributed by atoms with E-state index in [1.54, 1.807) is 11.8 Å². The number of nitrogens with one attached hydrogen (secondary N) is 1. The lowest BCUT2D eigenvalue weighted by Crippen LogP contribution is -1.90. The number of rotatable bonds is 3. The summed E-state index contributed by atoms with van der Waals surface area (Å²) in [5, 5.41) is 2.94. The lowest BCUT2D eigenvalue weighted by molar-refractivity contribution is 1.46. The van der Waals surface area contributed by atoms with Crippen molar-refractivity contribution in [3.8, 4) is 0 Å². The number of thioether (sulfide) groups is 1. The van der Waals surface area contributed by atoms with Gasteiger partial charge in [-0.25, -0.2) is 0 Å². The van der Waals surface area contributed by atoms with E-state index in [1.165, 1.54) is 10.4 Å². The second-order valence-corrected chi connectivity index (χ2v) is 3.11. The van der Waals surface area contributed by atoms with E-state index in [-0.39, 0.29) is 0 Å². The van der Waals surface area contributed by atoms with E-state index < -0.39 is 0 Å². The van der Waals surface area contributed by atoms with Crippen molar-refractivity contribution < 1.29 is 0 Å².